The van der Waals surface area contributed by atoms with Crippen LogP contribution in [0.5, 0.6) is 0 Å². The summed E-state index contributed by atoms with van der Waals surface area (Å²) in [6, 6.07) is 14.9. The van der Waals surface area contributed by atoms with Crippen molar-refractivity contribution in [2.75, 3.05) is 18.1 Å². The highest BCUT2D eigenvalue weighted by atomic mass is 35.6. The zero-order valence-corrected chi connectivity index (χ0v) is 32.4. The predicted octanol–water partition coefficient (Wildman–Crippen LogP) is 7.10. The first kappa shape index (κ1) is 42.7. The molecule has 2 aromatic rings. The maximum atomic E-state index is 11.3. The van der Waals surface area contributed by atoms with E-state index in [9.17, 15) is 9.59 Å². The van der Waals surface area contributed by atoms with Gasteiger partial charge in [0.25, 0.3) is 0 Å². The number of nitrogens with two attached hydrogens (primary N) is 1. The van der Waals surface area contributed by atoms with Gasteiger partial charge >= 0.3 is 34.4 Å². The van der Waals surface area contributed by atoms with E-state index < -0.39 is 21.2 Å². The summed E-state index contributed by atoms with van der Waals surface area (Å²) >= 11 is 30.2. The molecule has 2 aromatic carbocycles. The van der Waals surface area contributed by atoms with Gasteiger partial charge in [0.05, 0.1) is 22.4 Å². The van der Waals surface area contributed by atoms with Gasteiger partial charge in [-0.05, 0) is 160 Å². The Balaban J connectivity index is 0.000000259. The van der Waals surface area contributed by atoms with E-state index in [2.05, 4.69) is 20.1 Å². The third-order valence-electron chi connectivity index (χ3n) is 7.73. The lowest BCUT2D eigenvalue weighted by atomic mass is 9.79. The Bertz CT molecular complexity index is 1370. The molecule has 2 heterocycles. The number of alkyl halides is 6. The lowest BCUT2D eigenvalue weighted by Gasteiger charge is -2.32. The van der Waals surface area contributed by atoms with Gasteiger partial charge in [-0.25, -0.2) is 9.59 Å². The molecule has 0 aliphatic carbocycles. The van der Waals surface area contributed by atoms with Crippen LogP contribution in [-0.2, 0) is 28.1 Å². The molecule has 0 bridgehead atoms. The molecule has 266 valence electrons. The molecule has 19 heteroatoms. The first-order valence-electron chi connectivity index (χ1n) is 14.4. The molecule has 0 aromatic heterocycles. The summed E-state index contributed by atoms with van der Waals surface area (Å²) in [6.45, 7) is 16.2. The topological polar surface area (TPSA) is 140 Å². The highest BCUT2D eigenvalue weighted by molar-refractivity contribution is 6.67. The van der Waals surface area contributed by atoms with Gasteiger partial charge in [-0.15, -0.1) is 0 Å². The first-order valence-corrected chi connectivity index (χ1v) is 16.6. The van der Waals surface area contributed by atoms with Gasteiger partial charge in [-0.3, -0.25) is 0 Å². The minimum atomic E-state index is -2.24. The summed E-state index contributed by atoms with van der Waals surface area (Å²) in [5.74, 6) is 0. The number of carbonyl (C=O) groups excluding carboxylic acids is 2. The minimum absolute atomic E-state index is 0.254. The number of benzene rings is 2. The Labute approximate surface area is 312 Å². The number of urea groups is 1. The fourth-order valence-electron chi connectivity index (χ4n) is 3.83. The molecule has 0 saturated carbocycles. The van der Waals surface area contributed by atoms with Crippen LogP contribution in [0.4, 0.5) is 21.0 Å². The lowest BCUT2D eigenvalue weighted by molar-refractivity contribution is 0.00578. The van der Waals surface area contributed by atoms with Crippen molar-refractivity contribution in [3.8, 4) is 0 Å². The molecule has 48 heavy (non-hydrogen) atoms. The summed E-state index contributed by atoms with van der Waals surface area (Å²) in [6.07, 6.45) is -1.41. The SMILES string of the molecule is CC1(C)OB(c2cccc(N)c2)OC1(C)C.CNC(=O)Nc1cccc(B2OC(C)(C)C(C)(C)O2)c1.O=C(OC(Cl)(Cl)Cl)OC(Cl)(Cl)Cl. The van der Waals surface area contributed by atoms with Gasteiger partial charge < -0.3 is 44.5 Å². The van der Waals surface area contributed by atoms with Crippen molar-refractivity contribution in [2.45, 2.75) is 85.8 Å². The Hall–Kier alpha value is -1.51. The van der Waals surface area contributed by atoms with Crippen molar-refractivity contribution < 1.29 is 37.7 Å². The van der Waals surface area contributed by atoms with E-state index in [1.807, 2.05) is 104 Å². The molecule has 0 radical (unpaired) electrons. The molecule has 2 fully saturated rings. The van der Waals surface area contributed by atoms with E-state index >= 15 is 0 Å². The molecule has 0 unspecified atom stereocenters. The fraction of sp³-hybridized carbons (Fsp3) is 0.517. The molecule has 0 atom stereocenters. The number of rotatable bonds is 3. The van der Waals surface area contributed by atoms with E-state index in [0.29, 0.717) is 5.69 Å². The normalized spacial score (nSPS) is 18.8. The van der Waals surface area contributed by atoms with Crippen molar-refractivity contribution in [3.63, 3.8) is 0 Å². The molecular weight excluding hydrogens is 753 g/mol. The number of nitrogen functional groups attached to an aromatic ring is 1. The minimum Gasteiger partial charge on any atom is -0.399 e. The zero-order valence-electron chi connectivity index (χ0n) is 27.9. The van der Waals surface area contributed by atoms with Crippen molar-refractivity contribution in [2.24, 2.45) is 0 Å². The van der Waals surface area contributed by atoms with E-state index in [1.165, 1.54) is 0 Å². The monoisotopic (exact) mass is 789 g/mol. The molecule has 2 aliphatic heterocycles. The van der Waals surface area contributed by atoms with Crippen LogP contribution in [0.25, 0.3) is 0 Å². The van der Waals surface area contributed by atoms with E-state index in [4.69, 9.17) is 94.0 Å². The summed E-state index contributed by atoms with van der Waals surface area (Å²) in [7, 11) is 0.827. The lowest BCUT2D eigenvalue weighted by Crippen LogP contribution is -2.41. The number of hydrogen-bond acceptors (Lipinski definition) is 9. The summed E-state index contributed by atoms with van der Waals surface area (Å²) in [5.41, 5.74) is 7.69. The van der Waals surface area contributed by atoms with Crippen LogP contribution in [0.15, 0.2) is 48.5 Å². The second-order valence-electron chi connectivity index (χ2n) is 12.5. The van der Waals surface area contributed by atoms with Gasteiger partial charge in [0, 0.05) is 18.4 Å². The number of nitrogens with one attached hydrogen (secondary N) is 2. The number of carbonyl (C=O) groups is 2. The van der Waals surface area contributed by atoms with Gasteiger partial charge in [0.2, 0.25) is 0 Å². The van der Waals surface area contributed by atoms with Crippen LogP contribution >= 0.6 is 69.6 Å². The number of anilines is 2. The summed E-state index contributed by atoms with van der Waals surface area (Å²) < 4.78 is 27.3. The third kappa shape index (κ3) is 13.0. The largest absolute Gasteiger partial charge is 0.515 e. The Morgan fingerprint density at radius 1 is 0.688 bits per heavy atom. The van der Waals surface area contributed by atoms with Gasteiger partial charge in [-0.1, -0.05) is 24.3 Å². The molecular formula is C29H39B2Cl6N3O8. The van der Waals surface area contributed by atoms with Crippen molar-refractivity contribution in [1.29, 1.82) is 0 Å². The number of hydrogen-bond donors (Lipinski definition) is 3. The van der Waals surface area contributed by atoms with Gasteiger partial charge in [-0.2, -0.15) is 0 Å². The Morgan fingerprint density at radius 3 is 1.42 bits per heavy atom. The zero-order chi connectivity index (χ0) is 36.9. The van der Waals surface area contributed by atoms with Crippen LogP contribution in [0.2, 0.25) is 0 Å². The fourth-order valence-corrected chi connectivity index (χ4v) is 4.21. The maximum Gasteiger partial charge on any atom is 0.515 e. The van der Waals surface area contributed by atoms with Gasteiger partial charge in [0.1, 0.15) is 0 Å². The Morgan fingerprint density at radius 2 is 1.06 bits per heavy atom. The molecule has 4 N–H and O–H groups in total. The standard InChI is InChI=1S/C14H21BN2O3.C12H18BNO2.C3Cl6O3/c1-13(2)14(3,4)20-15(19-13)10-7-6-8-11(9-10)17-12(18)16-5;1-11(2)12(3,4)16-13(15-11)9-6-5-7-10(14)8-9;4-2(5,6)11-1(10)12-3(7,8)9/h6-9H,1-5H3,(H2,16,17,18);5-8H,14H2,1-4H3;. The van der Waals surface area contributed by atoms with Crippen molar-refractivity contribution in [3.05, 3.63) is 48.5 Å². The summed E-state index contributed by atoms with van der Waals surface area (Å²) in [5, 5.41) is 5.25. The van der Waals surface area contributed by atoms with Crippen LogP contribution in [-0.4, -0.2) is 63.8 Å². The molecule has 4 rings (SSSR count). The number of ether oxygens (including phenoxy) is 2. The van der Waals surface area contributed by atoms with E-state index in [0.717, 1.165) is 16.6 Å². The molecule has 0 spiro atoms. The molecule has 2 saturated heterocycles. The summed E-state index contributed by atoms with van der Waals surface area (Å²) in [4.78, 5) is 21.9. The van der Waals surface area contributed by atoms with Crippen LogP contribution < -0.4 is 27.3 Å². The maximum absolute atomic E-state index is 11.3. The van der Waals surface area contributed by atoms with Crippen molar-refractivity contribution >= 4 is 118 Å². The quantitative estimate of drug-likeness (QED) is 0.129. The van der Waals surface area contributed by atoms with Crippen LogP contribution in [0, 0.1) is 0 Å². The second-order valence-corrected chi connectivity index (χ2v) is 16.9. The van der Waals surface area contributed by atoms with Gasteiger partial charge in [0.15, 0.2) is 0 Å². The predicted molar refractivity (Wildman–Crippen MR) is 195 cm³/mol. The second kappa shape index (κ2) is 16.2. The smallest absolute Gasteiger partial charge is 0.399 e. The first-order chi connectivity index (χ1) is 21.7. The Kier molecular flexibility index (Phi) is 14.4. The van der Waals surface area contributed by atoms with Crippen LogP contribution in [0.3, 0.4) is 0 Å². The van der Waals surface area contributed by atoms with Crippen LogP contribution in [0.1, 0.15) is 55.4 Å². The average Bonchev–Trinajstić information content (AvgIpc) is 3.27. The number of halogens is 6. The molecule has 2 amide bonds. The van der Waals surface area contributed by atoms with Crippen molar-refractivity contribution in [1.82, 2.24) is 5.32 Å². The third-order valence-corrected chi connectivity index (χ3v) is 8.19. The highest BCUT2D eigenvalue weighted by Gasteiger charge is 2.52. The average molecular weight is 792 g/mol. The highest BCUT2D eigenvalue weighted by Crippen LogP contribution is 2.37. The molecule has 2 aliphatic rings. The van der Waals surface area contributed by atoms with E-state index in [-0.39, 0.29) is 35.6 Å². The molecule has 11 nitrogen and oxygen atoms in total. The van der Waals surface area contributed by atoms with E-state index in [1.54, 1.807) is 7.05 Å². The number of amides is 2.